The Balaban J connectivity index is 2.21. The Morgan fingerprint density at radius 1 is 1.27 bits per heavy atom. The van der Waals surface area contributed by atoms with Crippen molar-refractivity contribution >= 4 is 12.2 Å². The molecule has 0 aliphatic rings. The summed E-state index contributed by atoms with van der Waals surface area (Å²) >= 11 is 0. The van der Waals surface area contributed by atoms with Gasteiger partial charge in [0, 0.05) is 6.21 Å². The van der Waals surface area contributed by atoms with Gasteiger partial charge >= 0.3 is 0 Å². The highest BCUT2D eigenvalue weighted by Crippen LogP contribution is 2.24. The molecule has 0 unspecified atom stereocenters. The van der Waals surface area contributed by atoms with Crippen molar-refractivity contribution in [1.82, 2.24) is 15.2 Å². The Labute approximate surface area is 85.0 Å². The van der Waals surface area contributed by atoms with Crippen molar-refractivity contribution in [3.8, 4) is 11.5 Å². The molecule has 0 saturated carbocycles. The number of phenolic OH excluding ortho intramolecular Hbond substituents is 2. The first-order valence-corrected chi connectivity index (χ1v) is 4.17. The lowest BCUT2D eigenvalue weighted by Gasteiger charge is -1.97. The van der Waals surface area contributed by atoms with E-state index in [4.69, 9.17) is 5.11 Å². The molecule has 0 amide bonds. The summed E-state index contributed by atoms with van der Waals surface area (Å²) in [4.78, 5) is 7.76. The Morgan fingerprint density at radius 3 is 2.80 bits per heavy atom. The van der Waals surface area contributed by atoms with E-state index in [9.17, 15) is 5.11 Å². The van der Waals surface area contributed by atoms with Gasteiger partial charge in [-0.1, -0.05) is 0 Å². The van der Waals surface area contributed by atoms with Gasteiger partial charge in [-0.3, -0.25) is 0 Å². The Bertz CT molecular complexity index is 479. The number of nitrogens with one attached hydrogen (secondary N) is 1. The molecule has 0 atom stereocenters. The predicted molar refractivity (Wildman–Crippen MR) is 53.4 cm³/mol. The first kappa shape index (κ1) is 9.20. The minimum atomic E-state index is -0.184. The minimum absolute atomic E-state index is 0.160. The normalized spacial score (nSPS) is 10.9. The second-order valence-corrected chi connectivity index (χ2v) is 2.82. The molecule has 2 rings (SSSR count). The lowest BCUT2D eigenvalue weighted by atomic mass is 10.2. The molecule has 6 nitrogen and oxygen atoms in total. The van der Waals surface area contributed by atoms with E-state index in [0.717, 1.165) is 0 Å². The molecule has 2 aromatic rings. The first-order valence-electron chi connectivity index (χ1n) is 4.17. The van der Waals surface area contributed by atoms with Crippen LogP contribution in [0.2, 0.25) is 0 Å². The molecule has 3 N–H and O–H groups in total. The molecule has 1 aromatic carbocycles. The van der Waals surface area contributed by atoms with Gasteiger partial charge in [0.25, 0.3) is 0 Å². The number of benzene rings is 1. The lowest BCUT2D eigenvalue weighted by Crippen LogP contribution is -1.80. The summed E-state index contributed by atoms with van der Waals surface area (Å²) < 4.78 is 0. The summed E-state index contributed by atoms with van der Waals surface area (Å²) in [6.45, 7) is 0. The molecule has 0 bridgehead atoms. The average molecular weight is 204 g/mol. The maximum absolute atomic E-state index is 9.21. The van der Waals surface area contributed by atoms with E-state index >= 15 is 0 Å². The van der Waals surface area contributed by atoms with Gasteiger partial charge in [0.15, 0.2) is 11.5 Å². The monoisotopic (exact) mass is 204 g/mol. The Hall–Kier alpha value is -2.37. The molecular formula is C9H8N4O2. The van der Waals surface area contributed by atoms with Gasteiger partial charge in [-0.25, -0.2) is 10.1 Å². The van der Waals surface area contributed by atoms with Gasteiger partial charge < -0.3 is 10.2 Å². The lowest BCUT2D eigenvalue weighted by molar-refractivity contribution is 0.403. The van der Waals surface area contributed by atoms with Crippen LogP contribution in [-0.4, -0.2) is 31.6 Å². The van der Waals surface area contributed by atoms with E-state index in [2.05, 4.69) is 20.2 Å². The first-order chi connectivity index (χ1) is 7.25. The van der Waals surface area contributed by atoms with Crippen LogP contribution in [0.25, 0.3) is 0 Å². The summed E-state index contributed by atoms with van der Waals surface area (Å²) in [6, 6.07) is 4.40. The van der Waals surface area contributed by atoms with Gasteiger partial charge in [0.05, 0.1) is 0 Å². The second-order valence-electron chi connectivity index (χ2n) is 2.82. The SMILES string of the molecule is Oc1ccc(/C=N/c2ncn[nH]2)cc1O. The number of aromatic amines is 1. The fourth-order valence-corrected chi connectivity index (χ4v) is 1.02. The Kier molecular flexibility index (Phi) is 2.32. The number of hydrogen-bond acceptors (Lipinski definition) is 5. The molecule has 0 fully saturated rings. The van der Waals surface area contributed by atoms with Gasteiger partial charge in [-0.15, -0.1) is 0 Å². The third-order valence-electron chi connectivity index (χ3n) is 1.74. The summed E-state index contributed by atoms with van der Waals surface area (Å²) in [5.41, 5.74) is 0.654. The predicted octanol–water partition coefficient (Wildman–Crippen LogP) is 0.966. The molecule has 0 aliphatic carbocycles. The number of aromatic nitrogens is 3. The topological polar surface area (TPSA) is 94.4 Å². The summed E-state index contributed by atoms with van der Waals surface area (Å²) in [6.07, 6.45) is 2.85. The number of aromatic hydroxyl groups is 2. The van der Waals surface area contributed by atoms with Gasteiger partial charge in [0.1, 0.15) is 6.33 Å². The van der Waals surface area contributed by atoms with Gasteiger partial charge in [0.2, 0.25) is 5.95 Å². The molecule has 0 radical (unpaired) electrons. The van der Waals surface area contributed by atoms with Crippen molar-refractivity contribution in [1.29, 1.82) is 0 Å². The third-order valence-corrected chi connectivity index (χ3v) is 1.74. The zero-order chi connectivity index (χ0) is 10.7. The number of nitrogens with zero attached hydrogens (tertiary/aromatic N) is 3. The minimum Gasteiger partial charge on any atom is -0.504 e. The molecule has 0 saturated heterocycles. The summed E-state index contributed by atoms with van der Waals surface area (Å²) in [5, 5.41) is 24.5. The number of H-pyrrole nitrogens is 1. The highest BCUT2D eigenvalue weighted by atomic mass is 16.3. The summed E-state index contributed by atoms with van der Waals surface area (Å²) in [7, 11) is 0. The van der Waals surface area contributed by atoms with Crippen LogP contribution in [0.15, 0.2) is 29.5 Å². The quantitative estimate of drug-likeness (QED) is 0.501. The Morgan fingerprint density at radius 2 is 2.13 bits per heavy atom. The molecular weight excluding hydrogens is 196 g/mol. The third kappa shape index (κ3) is 2.11. The second kappa shape index (κ2) is 3.79. The zero-order valence-electron chi connectivity index (χ0n) is 7.62. The van der Waals surface area contributed by atoms with Crippen LogP contribution in [0, 0.1) is 0 Å². The van der Waals surface area contributed by atoms with Crippen LogP contribution < -0.4 is 0 Å². The van der Waals surface area contributed by atoms with Gasteiger partial charge in [-0.2, -0.15) is 10.1 Å². The fourth-order valence-electron chi connectivity index (χ4n) is 1.02. The van der Waals surface area contributed by atoms with Crippen LogP contribution in [0.4, 0.5) is 5.95 Å². The maximum Gasteiger partial charge on any atom is 0.245 e. The van der Waals surface area contributed by atoms with Crippen molar-refractivity contribution in [3.63, 3.8) is 0 Å². The van der Waals surface area contributed by atoms with Crippen molar-refractivity contribution in [2.45, 2.75) is 0 Å². The van der Waals surface area contributed by atoms with E-state index in [0.29, 0.717) is 11.5 Å². The smallest absolute Gasteiger partial charge is 0.245 e. The molecule has 76 valence electrons. The van der Waals surface area contributed by atoms with Crippen LogP contribution in [0.3, 0.4) is 0 Å². The largest absolute Gasteiger partial charge is 0.504 e. The number of rotatable bonds is 2. The molecule has 0 aliphatic heterocycles. The van der Waals surface area contributed by atoms with E-state index in [1.807, 2.05) is 0 Å². The number of aliphatic imine (C=N–C) groups is 1. The van der Waals surface area contributed by atoms with E-state index in [-0.39, 0.29) is 11.5 Å². The van der Waals surface area contributed by atoms with E-state index in [1.165, 1.54) is 24.7 Å². The van der Waals surface area contributed by atoms with E-state index < -0.39 is 0 Å². The van der Waals surface area contributed by atoms with Crippen LogP contribution >= 0.6 is 0 Å². The molecule has 1 aromatic heterocycles. The van der Waals surface area contributed by atoms with E-state index in [1.54, 1.807) is 6.07 Å². The van der Waals surface area contributed by atoms with Crippen LogP contribution in [0.5, 0.6) is 11.5 Å². The number of phenols is 2. The van der Waals surface area contributed by atoms with Crippen molar-refractivity contribution < 1.29 is 10.2 Å². The number of hydrogen-bond donors (Lipinski definition) is 3. The molecule has 0 spiro atoms. The fraction of sp³-hybridized carbons (Fsp3) is 0. The standard InChI is InChI=1S/C9H8N4O2/c14-7-2-1-6(3-8(7)15)4-10-9-11-5-12-13-9/h1-5,14-15H,(H,11,12,13)/b10-4+. The highest BCUT2D eigenvalue weighted by molar-refractivity contribution is 5.82. The highest BCUT2D eigenvalue weighted by Gasteiger charge is 1.98. The van der Waals surface area contributed by atoms with Crippen LogP contribution in [-0.2, 0) is 0 Å². The van der Waals surface area contributed by atoms with Crippen LogP contribution in [0.1, 0.15) is 5.56 Å². The zero-order valence-corrected chi connectivity index (χ0v) is 7.62. The molecule has 6 heteroatoms. The molecule has 1 heterocycles. The molecule has 15 heavy (non-hydrogen) atoms. The van der Waals surface area contributed by atoms with Crippen molar-refractivity contribution in [2.75, 3.05) is 0 Å². The average Bonchev–Trinajstić information content (AvgIpc) is 2.73. The van der Waals surface area contributed by atoms with Crippen molar-refractivity contribution in [2.24, 2.45) is 4.99 Å². The van der Waals surface area contributed by atoms with Gasteiger partial charge in [-0.05, 0) is 23.8 Å². The van der Waals surface area contributed by atoms with Crippen molar-refractivity contribution in [3.05, 3.63) is 30.1 Å². The maximum atomic E-state index is 9.21. The summed E-state index contributed by atoms with van der Waals surface area (Å²) in [5.74, 6) is 0.0332.